The van der Waals surface area contributed by atoms with Gasteiger partial charge < -0.3 is 9.47 Å². The highest BCUT2D eigenvalue weighted by atomic mass is 19.1. The minimum atomic E-state index is -0.555. The highest BCUT2D eigenvalue weighted by Crippen LogP contribution is 2.17. The summed E-state index contributed by atoms with van der Waals surface area (Å²) in [6, 6.07) is 3.75. The first-order chi connectivity index (χ1) is 6.69. The fourth-order valence-electron chi connectivity index (χ4n) is 0.909. The number of nitrogens with zero attached hydrogens (tertiary/aromatic N) is 1. The van der Waals surface area contributed by atoms with Gasteiger partial charge in [-0.2, -0.15) is 0 Å². The molecule has 1 aromatic heterocycles. The lowest BCUT2D eigenvalue weighted by Gasteiger charge is -2.07. The molecule has 75 valence electrons. The number of halogens is 1. The second-order valence-corrected chi connectivity index (χ2v) is 2.46. The third-order valence-electron chi connectivity index (χ3n) is 1.53. The Morgan fingerprint density at radius 3 is 3.00 bits per heavy atom. The molecule has 0 saturated heterocycles. The Hall–Kier alpha value is -1.58. The van der Waals surface area contributed by atoms with Gasteiger partial charge in [-0.05, 0) is 13.0 Å². The average molecular weight is 196 g/mol. The number of hydrogen-bond acceptors (Lipinski definition) is 3. The summed E-state index contributed by atoms with van der Waals surface area (Å²) in [5.74, 6) is -0.286. The Balaban J connectivity index is 2.94. The monoisotopic (exact) mass is 196 g/mol. The molecular weight excluding hydrogens is 185 g/mol. The molecule has 1 aromatic rings. The fourth-order valence-corrected chi connectivity index (χ4v) is 0.909. The van der Waals surface area contributed by atoms with Crippen LogP contribution in [0.1, 0.15) is 12.6 Å². The van der Waals surface area contributed by atoms with Crippen molar-refractivity contribution < 1.29 is 13.9 Å². The molecule has 0 aliphatic heterocycles. The molecule has 0 fully saturated rings. The van der Waals surface area contributed by atoms with Crippen molar-refractivity contribution in [3.05, 3.63) is 30.2 Å². The summed E-state index contributed by atoms with van der Waals surface area (Å²) < 4.78 is 22.7. The largest absolute Gasteiger partial charge is 0.492 e. The lowest BCUT2D eigenvalue weighted by atomic mass is 10.3. The van der Waals surface area contributed by atoms with Crippen LogP contribution < -0.4 is 4.74 Å². The SMILES string of the molecule is C=C(OCC)c1[c]cc(F)c(OC)n1. The molecule has 0 aliphatic carbocycles. The van der Waals surface area contributed by atoms with Gasteiger partial charge in [0.15, 0.2) is 5.82 Å². The zero-order chi connectivity index (χ0) is 10.6. The lowest BCUT2D eigenvalue weighted by molar-refractivity contribution is 0.296. The summed E-state index contributed by atoms with van der Waals surface area (Å²) in [5.41, 5.74) is 0.352. The number of rotatable bonds is 4. The minimum Gasteiger partial charge on any atom is -0.492 e. The third kappa shape index (κ3) is 2.22. The van der Waals surface area contributed by atoms with Crippen LogP contribution in [-0.4, -0.2) is 18.7 Å². The molecule has 14 heavy (non-hydrogen) atoms. The maximum Gasteiger partial charge on any atom is 0.250 e. The smallest absolute Gasteiger partial charge is 0.250 e. The predicted molar refractivity (Wildman–Crippen MR) is 50.2 cm³/mol. The molecule has 1 radical (unpaired) electrons. The summed E-state index contributed by atoms with van der Waals surface area (Å²) in [6.07, 6.45) is 0. The molecule has 4 heteroatoms. The van der Waals surface area contributed by atoms with Gasteiger partial charge in [0.25, 0.3) is 5.88 Å². The van der Waals surface area contributed by atoms with E-state index in [0.717, 1.165) is 6.07 Å². The maximum absolute atomic E-state index is 12.9. The van der Waals surface area contributed by atoms with Gasteiger partial charge in [0, 0.05) is 6.07 Å². The zero-order valence-electron chi connectivity index (χ0n) is 8.13. The van der Waals surface area contributed by atoms with Gasteiger partial charge in [-0.1, -0.05) is 6.58 Å². The van der Waals surface area contributed by atoms with Crippen LogP contribution in [0.3, 0.4) is 0 Å². The second-order valence-electron chi connectivity index (χ2n) is 2.46. The Morgan fingerprint density at radius 2 is 2.43 bits per heavy atom. The summed E-state index contributed by atoms with van der Waals surface area (Å²) in [4.78, 5) is 3.83. The van der Waals surface area contributed by atoms with Crippen molar-refractivity contribution in [3.63, 3.8) is 0 Å². The third-order valence-corrected chi connectivity index (χ3v) is 1.53. The van der Waals surface area contributed by atoms with Gasteiger partial charge in [-0.15, -0.1) is 0 Å². The number of ether oxygens (including phenoxy) is 2. The van der Waals surface area contributed by atoms with Crippen molar-refractivity contribution in [2.75, 3.05) is 13.7 Å². The lowest BCUT2D eigenvalue weighted by Crippen LogP contribution is -1.98. The first-order valence-electron chi connectivity index (χ1n) is 4.13. The Labute approximate surface area is 82.2 Å². The van der Waals surface area contributed by atoms with E-state index in [4.69, 9.17) is 9.47 Å². The highest BCUT2D eigenvalue weighted by Gasteiger charge is 2.08. The van der Waals surface area contributed by atoms with Gasteiger partial charge >= 0.3 is 0 Å². The van der Waals surface area contributed by atoms with Crippen molar-refractivity contribution in [2.24, 2.45) is 0 Å². The Bertz CT molecular complexity index is 339. The highest BCUT2D eigenvalue weighted by molar-refractivity contribution is 5.53. The topological polar surface area (TPSA) is 31.4 Å². The summed E-state index contributed by atoms with van der Waals surface area (Å²) in [5, 5.41) is 0. The number of hydrogen-bond donors (Lipinski definition) is 0. The van der Waals surface area contributed by atoms with Crippen LogP contribution in [0.2, 0.25) is 0 Å². The molecule has 0 amide bonds. The van der Waals surface area contributed by atoms with Crippen LogP contribution in [0.25, 0.3) is 5.76 Å². The quantitative estimate of drug-likeness (QED) is 0.690. The van der Waals surface area contributed by atoms with E-state index in [2.05, 4.69) is 17.6 Å². The van der Waals surface area contributed by atoms with E-state index in [1.165, 1.54) is 7.11 Å². The van der Waals surface area contributed by atoms with Crippen LogP contribution in [0.15, 0.2) is 12.6 Å². The van der Waals surface area contributed by atoms with Crippen LogP contribution >= 0.6 is 0 Å². The molecular formula is C10H11FNO2. The predicted octanol–water partition coefficient (Wildman–Crippen LogP) is 2.04. The van der Waals surface area contributed by atoms with Crippen molar-refractivity contribution in [1.29, 1.82) is 0 Å². The molecule has 0 N–H and O–H groups in total. The molecule has 0 aromatic carbocycles. The number of methoxy groups -OCH3 is 1. The maximum atomic E-state index is 12.9. The minimum absolute atomic E-state index is 0.0837. The Kier molecular flexibility index (Phi) is 3.45. The average Bonchev–Trinajstić information content (AvgIpc) is 2.19. The Morgan fingerprint density at radius 1 is 1.71 bits per heavy atom. The van der Waals surface area contributed by atoms with E-state index in [1.807, 2.05) is 6.92 Å². The van der Waals surface area contributed by atoms with Gasteiger partial charge in [-0.3, -0.25) is 0 Å². The van der Waals surface area contributed by atoms with E-state index < -0.39 is 5.82 Å². The van der Waals surface area contributed by atoms with Crippen molar-refractivity contribution in [1.82, 2.24) is 4.98 Å². The van der Waals surface area contributed by atoms with Crippen LogP contribution in [-0.2, 0) is 4.74 Å². The normalized spacial score (nSPS) is 9.64. The van der Waals surface area contributed by atoms with E-state index in [-0.39, 0.29) is 5.88 Å². The second kappa shape index (κ2) is 4.60. The molecule has 0 bridgehead atoms. The first-order valence-corrected chi connectivity index (χ1v) is 4.13. The first kappa shape index (κ1) is 10.5. The van der Waals surface area contributed by atoms with Crippen molar-refractivity contribution in [3.8, 4) is 5.88 Å². The number of pyridine rings is 1. The van der Waals surface area contributed by atoms with Crippen molar-refractivity contribution in [2.45, 2.75) is 6.92 Å². The van der Waals surface area contributed by atoms with E-state index in [9.17, 15) is 4.39 Å². The molecule has 3 nitrogen and oxygen atoms in total. The van der Waals surface area contributed by atoms with E-state index in [0.29, 0.717) is 18.1 Å². The van der Waals surface area contributed by atoms with Gasteiger partial charge in [-0.25, -0.2) is 9.37 Å². The van der Waals surface area contributed by atoms with Crippen LogP contribution in [0, 0.1) is 11.9 Å². The summed E-state index contributed by atoms with van der Waals surface area (Å²) in [6.45, 7) is 5.93. The van der Waals surface area contributed by atoms with Gasteiger partial charge in [0.05, 0.1) is 13.7 Å². The summed E-state index contributed by atoms with van der Waals surface area (Å²) >= 11 is 0. The molecule has 0 aliphatic rings. The number of aromatic nitrogens is 1. The van der Waals surface area contributed by atoms with E-state index in [1.54, 1.807) is 0 Å². The van der Waals surface area contributed by atoms with Gasteiger partial charge in [0.2, 0.25) is 0 Å². The van der Waals surface area contributed by atoms with E-state index >= 15 is 0 Å². The molecule has 0 spiro atoms. The molecule has 1 rings (SSSR count). The summed E-state index contributed by atoms with van der Waals surface area (Å²) in [7, 11) is 1.35. The van der Waals surface area contributed by atoms with Crippen molar-refractivity contribution >= 4 is 5.76 Å². The molecule has 0 saturated carbocycles. The van der Waals surface area contributed by atoms with Gasteiger partial charge in [0.1, 0.15) is 11.5 Å². The zero-order valence-corrected chi connectivity index (χ0v) is 8.13. The molecule has 0 atom stereocenters. The molecule has 0 unspecified atom stereocenters. The van der Waals surface area contributed by atoms with Crippen LogP contribution in [0.5, 0.6) is 5.88 Å². The standard InChI is InChI=1S/C10H11FNO2/c1-4-14-7(2)9-6-5-8(11)10(12-9)13-3/h5H,2,4H2,1,3H3. The van der Waals surface area contributed by atoms with Crippen LogP contribution in [0.4, 0.5) is 4.39 Å². The molecule has 1 heterocycles. The fraction of sp³-hybridized carbons (Fsp3) is 0.300.